The molecular formula is C12H13NO5. The molecule has 0 bridgehead atoms. The minimum absolute atomic E-state index is 0.0730. The second-order valence-corrected chi connectivity index (χ2v) is 3.57. The van der Waals surface area contributed by atoms with Gasteiger partial charge < -0.3 is 15.2 Å². The fraction of sp³-hybridized carbons (Fsp3) is 0.250. The minimum Gasteiger partial charge on any atom is -0.481 e. The number of rotatable bonds is 5. The van der Waals surface area contributed by atoms with Gasteiger partial charge in [0.1, 0.15) is 6.42 Å². The number of methoxy groups -OCH3 is 1. The Bertz CT molecular complexity index is 452. The maximum atomic E-state index is 11.3. The average molecular weight is 251 g/mol. The van der Waals surface area contributed by atoms with Crippen molar-refractivity contribution in [2.75, 3.05) is 12.4 Å². The second kappa shape index (κ2) is 6.39. The van der Waals surface area contributed by atoms with E-state index >= 15 is 0 Å². The van der Waals surface area contributed by atoms with Crippen LogP contribution in [0.3, 0.4) is 0 Å². The average Bonchev–Trinajstić information content (AvgIpc) is 2.30. The van der Waals surface area contributed by atoms with Crippen LogP contribution in [0.2, 0.25) is 0 Å². The smallest absolute Gasteiger partial charge is 0.315 e. The van der Waals surface area contributed by atoms with Crippen LogP contribution in [0.5, 0.6) is 0 Å². The first-order valence-corrected chi connectivity index (χ1v) is 5.18. The summed E-state index contributed by atoms with van der Waals surface area (Å²) in [5, 5.41) is 11.1. The summed E-state index contributed by atoms with van der Waals surface area (Å²) < 4.78 is 4.36. The molecule has 0 saturated carbocycles. The van der Waals surface area contributed by atoms with Gasteiger partial charge in [0.15, 0.2) is 0 Å². The lowest BCUT2D eigenvalue weighted by Gasteiger charge is -2.05. The van der Waals surface area contributed by atoms with Gasteiger partial charge in [0.25, 0.3) is 0 Å². The Morgan fingerprint density at radius 1 is 1.22 bits per heavy atom. The molecule has 96 valence electrons. The molecule has 6 nitrogen and oxygen atoms in total. The van der Waals surface area contributed by atoms with Gasteiger partial charge in [0.2, 0.25) is 5.91 Å². The summed E-state index contributed by atoms with van der Waals surface area (Å²) in [5.41, 5.74) is 1.13. The van der Waals surface area contributed by atoms with Crippen LogP contribution in [0.15, 0.2) is 24.3 Å². The molecule has 1 amide bonds. The summed E-state index contributed by atoms with van der Waals surface area (Å²) >= 11 is 0. The Morgan fingerprint density at radius 3 is 2.33 bits per heavy atom. The third kappa shape index (κ3) is 4.65. The minimum atomic E-state index is -0.919. The van der Waals surface area contributed by atoms with Gasteiger partial charge in [-0.15, -0.1) is 0 Å². The molecule has 6 heteroatoms. The highest BCUT2D eigenvalue weighted by molar-refractivity contribution is 6.01. The Balaban J connectivity index is 2.55. The van der Waals surface area contributed by atoms with E-state index < -0.39 is 17.8 Å². The highest BCUT2D eigenvalue weighted by Crippen LogP contribution is 2.10. The molecule has 0 aliphatic carbocycles. The summed E-state index contributed by atoms with van der Waals surface area (Å²) in [5.74, 6) is -2.01. The highest BCUT2D eigenvalue weighted by atomic mass is 16.5. The van der Waals surface area contributed by atoms with Gasteiger partial charge >= 0.3 is 11.9 Å². The lowest BCUT2D eigenvalue weighted by molar-refractivity contribution is -0.143. The number of carboxylic acid groups (broad SMARTS) is 1. The summed E-state index contributed by atoms with van der Waals surface area (Å²) in [6.07, 6.45) is -0.427. The topological polar surface area (TPSA) is 92.7 Å². The van der Waals surface area contributed by atoms with Crippen molar-refractivity contribution < 1.29 is 24.2 Å². The van der Waals surface area contributed by atoms with Gasteiger partial charge in [0.05, 0.1) is 13.5 Å². The van der Waals surface area contributed by atoms with Crippen molar-refractivity contribution in [1.82, 2.24) is 0 Å². The van der Waals surface area contributed by atoms with Crippen LogP contribution in [0.25, 0.3) is 0 Å². The predicted octanol–water partition coefficient (Wildman–Crippen LogP) is 0.815. The quantitative estimate of drug-likeness (QED) is 0.597. The van der Waals surface area contributed by atoms with Crippen LogP contribution in [0.1, 0.15) is 12.0 Å². The number of aliphatic carboxylic acids is 1. The number of carboxylic acids is 1. The molecule has 0 aliphatic heterocycles. The van der Waals surface area contributed by atoms with E-state index in [1.54, 1.807) is 24.3 Å². The SMILES string of the molecule is COC(=O)CC(=O)Nc1ccc(CC(=O)O)cc1. The lowest BCUT2D eigenvalue weighted by atomic mass is 10.1. The number of carbonyl (C=O) groups is 3. The number of benzene rings is 1. The van der Waals surface area contributed by atoms with Crippen LogP contribution < -0.4 is 5.32 Å². The number of amides is 1. The summed E-state index contributed by atoms with van der Waals surface area (Å²) in [6, 6.07) is 6.35. The van der Waals surface area contributed by atoms with Crippen molar-refractivity contribution >= 4 is 23.5 Å². The largest absolute Gasteiger partial charge is 0.481 e. The second-order valence-electron chi connectivity index (χ2n) is 3.57. The maximum Gasteiger partial charge on any atom is 0.315 e. The van der Waals surface area contributed by atoms with Gasteiger partial charge in [-0.3, -0.25) is 14.4 Å². The first-order chi connectivity index (χ1) is 8.51. The van der Waals surface area contributed by atoms with Crippen molar-refractivity contribution in [3.63, 3.8) is 0 Å². The number of nitrogens with one attached hydrogen (secondary N) is 1. The van der Waals surface area contributed by atoms with E-state index in [2.05, 4.69) is 10.1 Å². The molecule has 0 fully saturated rings. The van der Waals surface area contributed by atoms with Gasteiger partial charge in [0, 0.05) is 5.69 Å². The van der Waals surface area contributed by atoms with Gasteiger partial charge in [-0.25, -0.2) is 0 Å². The number of carbonyl (C=O) groups excluding carboxylic acids is 2. The van der Waals surface area contributed by atoms with Crippen LogP contribution in [-0.4, -0.2) is 30.1 Å². The van der Waals surface area contributed by atoms with E-state index in [0.29, 0.717) is 11.3 Å². The predicted molar refractivity (Wildman–Crippen MR) is 63.0 cm³/mol. The molecule has 0 aromatic heterocycles. The molecule has 0 atom stereocenters. The Kier molecular flexibility index (Phi) is 4.86. The third-order valence-corrected chi connectivity index (χ3v) is 2.13. The first-order valence-electron chi connectivity index (χ1n) is 5.18. The zero-order valence-electron chi connectivity index (χ0n) is 9.80. The fourth-order valence-corrected chi connectivity index (χ4v) is 1.29. The molecule has 18 heavy (non-hydrogen) atoms. The summed E-state index contributed by atoms with van der Waals surface area (Å²) in [4.78, 5) is 32.6. The number of anilines is 1. The zero-order valence-corrected chi connectivity index (χ0v) is 9.80. The van der Waals surface area contributed by atoms with Crippen LogP contribution >= 0.6 is 0 Å². The van der Waals surface area contributed by atoms with Crippen LogP contribution in [0, 0.1) is 0 Å². The molecule has 0 unspecified atom stereocenters. The lowest BCUT2D eigenvalue weighted by Crippen LogP contribution is -2.17. The van der Waals surface area contributed by atoms with Crippen molar-refractivity contribution in [2.24, 2.45) is 0 Å². The zero-order chi connectivity index (χ0) is 13.5. The molecule has 1 aromatic carbocycles. The molecule has 2 N–H and O–H groups in total. The normalized spacial score (nSPS) is 9.61. The number of esters is 1. The molecule has 0 saturated heterocycles. The molecule has 0 aliphatic rings. The van der Waals surface area contributed by atoms with Crippen molar-refractivity contribution in [3.05, 3.63) is 29.8 Å². The van der Waals surface area contributed by atoms with Crippen LogP contribution in [0.4, 0.5) is 5.69 Å². The van der Waals surface area contributed by atoms with E-state index in [4.69, 9.17) is 5.11 Å². The first kappa shape index (κ1) is 13.7. The van der Waals surface area contributed by atoms with E-state index in [0.717, 1.165) is 0 Å². The molecule has 0 heterocycles. The molecule has 0 radical (unpaired) electrons. The summed E-state index contributed by atoms with van der Waals surface area (Å²) in [6.45, 7) is 0. The maximum absolute atomic E-state index is 11.3. The molecule has 1 rings (SSSR count). The van der Waals surface area contributed by atoms with Crippen molar-refractivity contribution in [1.29, 1.82) is 0 Å². The molecular weight excluding hydrogens is 238 g/mol. The Labute approximate surface area is 104 Å². The van der Waals surface area contributed by atoms with Crippen LogP contribution in [-0.2, 0) is 25.5 Å². The highest BCUT2D eigenvalue weighted by Gasteiger charge is 2.09. The van der Waals surface area contributed by atoms with E-state index in [1.165, 1.54) is 7.11 Å². The van der Waals surface area contributed by atoms with Gasteiger partial charge in [-0.05, 0) is 17.7 Å². The monoisotopic (exact) mass is 251 g/mol. The molecule has 1 aromatic rings. The number of hydrogen-bond donors (Lipinski definition) is 2. The van der Waals surface area contributed by atoms with E-state index in [-0.39, 0.29) is 12.8 Å². The number of hydrogen-bond acceptors (Lipinski definition) is 4. The standard InChI is InChI=1S/C12H13NO5/c1-18-12(17)7-10(14)13-9-4-2-8(3-5-9)6-11(15)16/h2-5H,6-7H2,1H3,(H,13,14)(H,15,16). The van der Waals surface area contributed by atoms with Crippen molar-refractivity contribution in [3.8, 4) is 0 Å². The van der Waals surface area contributed by atoms with E-state index in [1.807, 2.05) is 0 Å². The van der Waals surface area contributed by atoms with Crippen molar-refractivity contribution in [2.45, 2.75) is 12.8 Å². The fourth-order valence-electron chi connectivity index (χ4n) is 1.29. The third-order valence-electron chi connectivity index (χ3n) is 2.13. The van der Waals surface area contributed by atoms with E-state index in [9.17, 15) is 14.4 Å². The molecule has 0 spiro atoms. The Morgan fingerprint density at radius 2 is 1.83 bits per heavy atom. The number of ether oxygens (including phenoxy) is 1. The van der Waals surface area contributed by atoms with Gasteiger partial charge in [-0.1, -0.05) is 12.1 Å². The van der Waals surface area contributed by atoms with Gasteiger partial charge in [-0.2, -0.15) is 0 Å². The Hall–Kier alpha value is -2.37. The summed E-state index contributed by atoms with van der Waals surface area (Å²) in [7, 11) is 1.20.